The minimum atomic E-state index is -0.0724. The summed E-state index contributed by atoms with van der Waals surface area (Å²) in [6.45, 7) is 2.33. The van der Waals surface area contributed by atoms with E-state index in [4.69, 9.17) is 0 Å². The third kappa shape index (κ3) is 1.70. The van der Waals surface area contributed by atoms with Crippen molar-refractivity contribution in [1.29, 1.82) is 0 Å². The Hall–Kier alpha value is -0.630. The maximum atomic E-state index is 11.7. The van der Waals surface area contributed by atoms with Crippen molar-refractivity contribution >= 4 is 5.78 Å². The van der Waals surface area contributed by atoms with Gasteiger partial charge in [0.1, 0.15) is 5.78 Å². The summed E-state index contributed by atoms with van der Waals surface area (Å²) in [6.07, 6.45) is 9.60. The number of aliphatic hydroxyl groups is 1. The number of hydrogen-bond acceptors (Lipinski definition) is 2. The molecule has 4 aliphatic rings. The fourth-order valence-corrected chi connectivity index (χ4v) is 6.02. The zero-order valence-electron chi connectivity index (χ0n) is 12.5. The molecule has 2 saturated carbocycles. The van der Waals surface area contributed by atoms with Crippen LogP contribution in [-0.2, 0) is 4.79 Å². The molecule has 0 bridgehead atoms. The van der Waals surface area contributed by atoms with Crippen LogP contribution in [0.25, 0.3) is 0 Å². The van der Waals surface area contributed by atoms with Crippen molar-refractivity contribution in [2.45, 2.75) is 70.8 Å². The second kappa shape index (κ2) is 4.43. The van der Waals surface area contributed by atoms with Crippen molar-refractivity contribution in [1.82, 2.24) is 0 Å². The zero-order valence-corrected chi connectivity index (χ0v) is 12.5. The van der Waals surface area contributed by atoms with E-state index in [0.717, 1.165) is 49.9 Å². The van der Waals surface area contributed by atoms with Crippen LogP contribution in [0.4, 0.5) is 0 Å². The lowest BCUT2D eigenvalue weighted by molar-refractivity contribution is -0.119. The van der Waals surface area contributed by atoms with Crippen LogP contribution in [0.1, 0.15) is 64.7 Å². The highest BCUT2D eigenvalue weighted by Crippen LogP contribution is 2.60. The summed E-state index contributed by atoms with van der Waals surface area (Å²) in [6, 6.07) is 0. The number of carbonyl (C=O) groups is 1. The minimum absolute atomic E-state index is 0.0724. The highest BCUT2D eigenvalue weighted by atomic mass is 16.3. The first-order valence-corrected chi connectivity index (χ1v) is 8.50. The van der Waals surface area contributed by atoms with E-state index in [-0.39, 0.29) is 11.5 Å². The molecule has 4 rings (SSSR count). The molecule has 0 heterocycles. The van der Waals surface area contributed by atoms with Crippen LogP contribution in [0, 0.1) is 23.2 Å². The molecular formula is C18H26O2. The van der Waals surface area contributed by atoms with Crippen molar-refractivity contribution in [3.63, 3.8) is 0 Å². The maximum absolute atomic E-state index is 11.7. The Kier molecular flexibility index (Phi) is 2.89. The fourth-order valence-electron chi connectivity index (χ4n) is 6.02. The Balaban J connectivity index is 1.65. The lowest BCUT2D eigenvalue weighted by Crippen LogP contribution is -2.45. The average Bonchev–Trinajstić information content (AvgIpc) is 2.74. The van der Waals surface area contributed by atoms with Crippen molar-refractivity contribution in [3.05, 3.63) is 11.1 Å². The van der Waals surface area contributed by atoms with Gasteiger partial charge in [0.15, 0.2) is 0 Å². The van der Waals surface area contributed by atoms with E-state index in [2.05, 4.69) is 6.92 Å². The molecule has 0 unspecified atom stereocenters. The lowest BCUT2D eigenvalue weighted by Gasteiger charge is -2.51. The van der Waals surface area contributed by atoms with E-state index in [1.807, 2.05) is 0 Å². The van der Waals surface area contributed by atoms with Crippen molar-refractivity contribution in [2.24, 2.45) is 23.2 Å². The van der Waals surface area contributed by atoms with Gasteiger partial charge in [-0.1, -0.05) is 18.1 Å². The second-order valence-electron chi connectivity index (χ2n) is 7.90. The Labute approximate surface area is 121 Å². The first kappa shape index (κ1) is 13.1. The standard InChI is InChI=1S/C18H26O2/c1-18-9-8-14-13-5-3-12(19)10-11(13)2-4-15(14)16(18)6-7-17(18)20/h14-17,20H,2-10H2,1H3/t14-,15-,16-,17-,18+/m1/s1. The van der Waals surface area contributed by atoms with Gasteiger partial charge in [0.05, 0.1) is 6.10 Å². The molecule has 20 heavy (non-hydrogen) atoms. The van der Waals surface area contributed by atoms with E-state index in [9.17, 15) is 9.90 Å². The normalized spacial score (nSPS) is 47.8. The Morgan fingerprint density at radius 1 is 1.10 bits per heavy atom. The number of Topliss-reactive ketones (excluding diaryl/α,β-unsaturated/α-hetero) is 1. The number of carbonyl (C=O) groups excluding carboxylic acids is 1. The van der Waals surface area contributed by atoms with Gasteiger partial charge >= 0.3 is 0 Å². The SMILES string of the molecule is C[C@]12CC[C@@H]3C4=C(CC[C@H]3[C@H]1CC[C@H]2O)CC(=O)CC4. The number of rotatable bonds is 0. The molecule has 0 aliphatic heterocycles. The van der Waals surface area contributed by atoms with Gasteiger partial charge < -0.3 is 5.11 Å². The summed E-state index contributed by atoms with van der Waals surface area (Å²) >= 11 is 0. The second-order valence-corrected chi connectivity index (χ2v) is 7.90. The number of hydrogen-bond donors (Lipinski definition) is 1. The molecule has 2 nitrogen and oxygen atoms in total. The van der Waals surface area contributed by atoms with Crippen LogP contribution in [0.2, 0.25) is 0 Å². The monoisotopic (exact) mass is 274 g/mol. The van der Waals surface area contributed by atoms with E-state index in [1.54, 1.807) is 5.57 Å². The predicted molar refractivity (Wildman–Crippen MR) is 78.2 cm³/mol. The van der Waals surface area contributed by atoms with Crippen molar-refractivity contribution < 1.29 is 9.90 Å². The highest BCUT2D eigenvalue weighted by molar-refractivity contribution is 5.82. The quantitative estimate of drug-likeness (QED) is 0.685. The van der Waals surface area contributed by atoms with Crippen LogP contribution >= 0.6 is 0 Å². The molecule has 4 aliphatic carbocycles. The van der Waals surface area contributed by atoms with Gasteiger partial charge in [0.2, 0.25) is 0 Å². The fraction of sp³-hybridized carbons (Fsp3) is 0.833. The van der Waals surface area contributed by atoms with Gasteiger partial charge in [0, 0.05) is 12.8 Å². The van der Waals surface area contributed by atoms with Gasteiger partial charge in [-0.25, -0.2) is 0 Å². The number of ketones is 1. The summed E-state index contributed by atoms with van der Waals surface area (Å²) in [5, 5.41) is 10.4. The molecule has 110 valence electrons. The Morgan fingerprint density at radius 2 is 1.95 bits per heavy atom. The summed E-state index contributed by atoms with van der Waals surface area (Å²) in [4.78, 5) is 11.7. The maximum Gasteiger partial charge on any atom is 0.137 e. The van der Waals surface area contributed by atoms with Crippen molar-refractivity contribution in [3.8, 4) is 0 Å². The average molecular weight is 274 g/mol. The third-order valence-electron chi connectivity index (χ3n) is 7.15. The number of allylic oxidation sites excluding steroid dienone is 2. The zero-order chi connectivity index (χ0) is 13.9. The molecule has 0 amide bonds. The molecule has 2 fully saturated rings. The molecule has 0 aromatic carbocycles. The highest BCUT2D eigenvalue weighted by Gasteiger charge is 2.54. The molecule has 0 aromatic rings. The van der Waals surface area contributed by atoms with E-state index in [0.29, 0.717) is 5.78 Å². The topological polar surface area (TPSA) is 37.3 Å². The Morgan fingerprint density at radius 3 is 2.80 bits per heavy atom. The molecule has 5 atom stereocenters. The molecule has 0 saturated heterocycles. The summed E-state index contributed by atoms with van der Waals surface area (Å²) in [7, 11) is 0. The number of aliphatic hydroxyl groups excluding tert-OH is 1. The molecule has 0 aromatic heterocycles. The molecule has 0 spiro atoms. The van der Waals surface area contributed by atoms with Crippen LogP contribution < -0.4 is 0 Å². The first-order chi connectivity index (χ1) is 9.59. The molecule has 1 N–H and O–H groups in total. The van der Waals surface area contributed by atoms with Gasteiger partial charge in [-0.3, -0.25) is 4.79 Å². The Bertz CT molecular complexity index is 478. The first-order valence-electron chi connectivity index (χ1n) is 8.50. The van der Waals surface area contributed by atoms with Crippen LogP contribution in [0.3, 0.4) is 0 Å². The summed E-state index contributed by atoms with van der Waals surface area (Å²) in [5.41, 5.74) is 3.36. The predicted octanol–water partition coefficient (Wildman–Crippen LogP) is 3.63. The van der Waals surface area contributed by atoms with Crippen molar-refractivity contribution in [2.75, 3.05) is 0 Å². The van der Waals surface area contributed by atoms with Gasteiger partial charge in [0.25, 0.3) is 0 Å². The third-order valence-corrected chi connectivity index (χ3v) is 7.15. The van der Waals surface area contributed by atoms with Gasteiger partial charge in [-0.2, -0.15) is 0 Å². The number of fused-ring (bicyclic) bond motifs is 4. The largest absolute Gasteiger partial charge is 0.393 e. The van der Waals surface area contributed by atoms with E-state index in [1.165, 1.54) is 31.3 Å². The molecular weight excluding hydrogens is 248 g/mol. The smallest absolute Gasteiger partial charge is 0.137 e. The minimum Gasteiger partial charge on any atom is -0.393 e. The molecule has 2 heteroatoms. The van der Waals surface area contributed by atoms with Crippen LogP contribution in [-0.4, -0.2) is 17.0 Å². The van der Waals surface area contributed by atoms with Gasteiger partial charge in [-0.15, -0.1) is 0 Å². The van der Waals surface area contributed by atoms with Gasteiger partial charge in [-0.05, 0) is 68.1 Å². The van der Waals surface area contributed by atoms with E-state index >= 15 is 0 Å². The van der Waals surface area contributed by atoms with E-state index < -0.39 is 0 Å². The summed E-state index contributed by atoms with van der Waals surface area (Å²) in [5.74, 6) is 2.72. The lowest BCUT2D eigenvalue weighted by atomic mass is 9.54. The van der Waals surface area contributed by atoms with Crippen LogP contribution in [0.15, 0.2) is 11.1 Å². The molecule has 0 radical (unpaired) electrons. The van der Waals surface area contributed by atoms with Crippen LogP contribution in [0.5, 0.6) is 0 Å². The summed E-state index contributed by atoms with van der Waals surface area (Å²) < 4.78 is 0.